The fraction of sp³-hybridized carbons (Fsp3) is 0.273. The first-order chi connectivity index (χ1) is 7.46. The van der Waals surface area contributed by atoms with Gasteiger partial charge in [-0.05, 0) is 19.4 Å². The molecule has 0 aromatic rings. The average molecular weight is 212 g/mol. The maximum Gasteiger partial charge on any atom is 0.212 e. The Labute approximate surface area is 92.7 Å². The molecule has 0 fully saturated rings. The van der Waals surface area contributed by atoms with Crippen LogP contribution in [0.1, 0.15) is 13.8 Å². The molecule has 0 saturated heterocycles. The van der Waals surface area contributed by atoms with E-state index in [4.69, 9.17) is 21.5 Å². The van der Waals surface area contributed by atoms with Crippen LogP contribution in [-0.4, -0.2) is 5.78 Å². The smallest absolute Gasteiger partial charge is 0.212 e. The van der Waals surface area contributed by atoms with E-state index in [0.29, 0.717) is 5.57 Å². The molecule has 2 N–H and O–H groups in total. The summed E-state index contributed by atoms with van der Waals surface area (Å²) in [7, 11) is 0. The van der Waals surface area contributed by atoms with E-state index < -0.39 is 11.2 Å². The summed E-state index contributed by atoms with van der Waals surface area (Å²) in [6, 6.07) is 5.27. The van der Waals surface area contributed by atoms with Gasteiger partial charge in [0.25, 0.3) is 0 Å². The first-order valence-corrected chi connectivity index (χ1v) is 4.41. The van der Waals surface area contributed by atoms with E-state index in [1.165, 1.54) is 13.8 Å². The predicted molar refractivity (Wildman–Crippen MR) is 53.9 cm³/mol. The number of Topliss-reactive ketones (excluding diaryl/α,β-unsaturated/α-hetero) is 1. The minimum Gasteiger partial charge on any atom is -0.398 e. The number of hydrogen-bond acceptors (Lipinski definition) is 5. The molecule has 16 heavy (non-hydrogen) atoms. The second-order valence-electron chi connectivity index (χ2n) is 3.43. The summed E-state index contributed by atoms with van der Waals surface area (Å²) in [6.45, 7) is 2.76. The first kappa shape index (κ1) is 11.5. The van der Waals surface area contributed by atoms with E-state index in [1.807, 2.05) is 6.07 Å². The van der Waals surface area contributed by atoms with E-state index >= 15 is 0 Å². The van der Waals surface area contributed by atoms with Gasteiger partial charge in [-0.2, -0.15) is 15.8 Å². The lowest BCUT2D eigenvalue weighted by Crippen LogP contribution is -2.27. The second-order valence-corrected chi connectivity index (χ2v) is 3.43. The molecule has 1 rings (SSSR count). The van der Waals surface area contributed by atoms with Crippen molar-refractivity contribution < 1.29 is 4.79 Å². The normalized spacial score (nSPS) is 17.7. The number of nitrogens with two attached hydrogens (primary N) is 1. The molecule has 5 heteroatoms. The largest absolute Gasteiger partial charge is 0.398 e. The van der Waals surface area contributed by atoms with Crippen LogP contribution in [0.2, 0.25) is 0 Å². The molecule has 5 nitrogen and oxygen atoms in total. The Hall–Kier alpha value is -2.58. The van der Waals surface area contributed by atoms with Gasteiger partial charge in [0.2, 0.25) is 5.41 Å². The van der Waals surface area contributed by atoms with Crippen LogP contribution in [0.25, 0.3) is 0 Å². The number of ketones is 1. The number of rotatable bonds is 1. The highest BCUT2D eigenvalue weighted by Gasteiger charge is 2.48. The summed E-state index contributed by atoms with van der Waals surface area (Å²) >= 11 is 0. The lowest BCUT2D eigenvalue weighted by Gasteiger charge is -2.15. The topological polar surface area (TPSA) is 114 Å². The summed E-state index contributed by atoms with van der Waals surface area (Å²) in [6.07, 6.45) is 0. The van der Waals surface area contributed by atoms with Crippen LogP contribution in [0.3, 0.4) is 0 Å². The van der Waals surface area contributed by atoms with Crippen LogP contribution in [-0.2, 0) is 4.79 Å². The Morgan fingerprint density at radius 2 is 1.81 bits per heavy atom. The standard InChI is InChI=1S/C11H8N4O/c1-6-8(3-12)10(15)11(4-13,5-14)9(6)7(2)16/h15H2,1-2H3. The molecule has 0 radical (unpaired) electrons. The van der Waals surface area contributed by atoms with Crippen LogP contribution < -0.4 is 5.73 Å². The second kappa shape index (κ2) is 3.53. The van der Waals surface area contributed by atoms with Crippen molar-refractivity contribution in [1.29, 1.82) is 15.8 Å². The van der Waals surface area contributed by atoms with Gasteiger partial charge in [-0.3, -0.25) is 4.79 Å². The average Bonchev–Trinajstić information content (AvgIpc) is 2.46. The van der Waals surface area contributed by atoms with Crippen LogP contribution in [0, 0.1) is 39.4 Å². The van der Waals surface area contributed by atoms with Crippen LogP contribution in [0.15, 0.2) is 22.4 Å². The first-order valence-electron chi connectivity index (χ1n) is 4.41. The van der Waals surface area contributed by atoms with Gasteiger partial charge in [0.15, 0.2) is 5.78 Å². The number of nitriles is 3. The van der Waals surface area contributed by atoms with E-state index in [-0.39, 0.29) is 16.8 Å². The van der Waals surface area contributed by atoms with Gasteiger partial charge < -0.3 is 5.73 Å². The number of allylic oxidation sites excluding steroid dienone is 3. The summed E-state index contributed by atoms with van der Waals surface area (Å²) in [5, 5.41) is 27.0. The minimum atomic E-state index is -1.80. The molecule has 0 unspecified atom stereocenters. The number of nitrogens with zero attached hydrogens (tertiary/aromatic N) is 3. The van der Waals surface area contributed by atoms with Gasteiger partial charge in [0.1, 0.15) is 6.07 Å². The molecule has 0 heterocycles. The summed E-state index contributed by atoms with van der Waals surface area (Å²) in [4.78, 5) is 11.4. The third kappa shape index (κ3) is 1.11. The van der Waals surface area contributed by atoms with Crippen molar-refractivity contribution in [3.63, 3.8) is 0 Å². The molecule has 1 aliphatic carbocycles. The Kier molecular flexibility index (Phi) is 2.54. The maximum atomic E-state index is 11.4. The summed E-state index contributed by atoms with van der Waals surface area (Å²) < 4.78 is 0. The van der Waals surface area contributed by atoms with Gasteiger partial charge in [-0.25, -0.2) is 0 Å². The minimum absolute atomic E-state index is 0.00606. The molecule has 1 aliphatic rings. The summed E-state index contributed by atoms with van der Waals surface area (Å²) in [5.74, 6) is -0.422. The number of hydrogen-bond donors (Lipinski definition) is 1. The monoisotopic (exact) mass is 212 g/mol. The van der Waals surface area contributed by atoms with Crippen molar-refractivity contribution in [3.05, 3.63) is 22.4 Å². The lowest BCUT2D eigenvalue weighted by molar-refractivity contribution is -0.114. The highest BCUT2D eigenvalue weighted by atomic mass is 16.1. The molecule has 0 saturated carbocycles. The highest BCUT2D eigenvalue weighted by Crippen LogP contribution is 2.44. The van der Waals surface area contributed by atoms with Crippen molar-refractivity contribution in [2.24, 2.45) is 11.1 Å². The zero-order valence-corrected chi connectivity index (χ0v) is 8.83. The van der Waals surface area contributed by atoms with E-state index in [0.717, 1.165) is 0 Å². The van der Waals surface area contributed by atoms with E-state index in [1.54, 1.807) is 12.1 Å². The van der Waals surface area contributed by atoms with Gasteiger partial charge in [-0.1, -0.05) is 0 Å². The van der Waals surface area contributed by atoms with E-state index in [9.17, 15) is 4.79 Å². The fourth-order valence-corrected chi connectivity index (χ4v) is 1.86. The zero-order valence-electron chi connectivity index (χ0n) is 8.83. The van der Waals surface area contributed by atoms with Gasteiger partial charge >= 0.3 is 0 Å². The van der Waals surface area contributed by atoms with Crippen LogP contribution >= 0.6 is 0 Å². The Morgan fingerprint density at radius 3 is 2.06 bits per heavy atom. The molecular weight excluding hydrogens is 204 g/mol. The molecular formula is C11H8N4O. The van der Waals surface area contributed by atoms with Crippen LogP contribution in [0.4, 0.5) is 0 Å². The van der Waals surface area contributed by atoms with Crippen molar-refractivity contribution in [2.75, 3.05) is 0 Å². The number of carbonyl (C=O) groups is 1. The molecule has 0 spiro atoms. The van der Waals surface area contributed by atoms with Gasteiger partial charge in [0.05, 0.1) is 23.4 Å². The van der Waals surface area contributed by atoms with Crippen molar-refractivity contribution in [2.45, 2.75) is 13.8 Å². The number of carbonyl (C=O) groups excluding carboxylic acids is 1. The Morgan fingerprint density at radius 1 is 1.31 bits per heavy atom. The Balaban J connectivity index is 3.73. The quantitative estimate of drug-likeness (QED) is 0.686. The maximum absolute atomic E-state index is 11.4. The fourth-order valence-electron chi connectivity index (χ4n) is 1.86. The third-order valence-corrected chi connectivity index (χ3v) is 2.60. The molecule has 0 atom stereocenters. The lowest BCUT2D eigenvalue weighted by atomic mass is 9.81. The van der Waals surface area contributed by atoms with Gasteiger partial charge in [-0.15, -0.1) is 0 Å². The van der Waals surface area contributed by atoms with Crippen molar-refractivity contribution in [1.82, 2.24) is 0 Å². The van der Waals surface area contributed by atoms with Crippen molar-refractivity contribution in [3.8, 4) is 18.2 Å². The van der Waals surface area contributed by atoms with E-state index in [2.05, 4.69) is 0 Å². The van der Waals surface area contributed by atoms with Gasteiger partial charge in [0, 0.05) is 5.57 Å². The zero-order chi connectivity index (χ0) is 12.5. The third-order valence-electron chi connectivity index (χ3n) is 2.60. The molecule has 0 aliphatic heterocycles. The SMILES string of the molecule is CC(=O)C1=C(C)C(C#N)=C(N)C1(C#N)C#N. The molecule has 78 valence electrons. The summed E-state index contributed by atoms with van der Waals surface area (Å²) in [5.41, 5.74) is 4.04. The van der Waals surface area contributed by atoms with Crippen LogP contribution in [0.5, 0.6) is 0 Å². The predicted octanol–water partition coefficient (Wildman–Crippen LogP) is 0.675. The molecule has 0 aromatic heterocycles. The highest BCUT2D eigenvalue weighted by molar-refractivity contribution is 6.00. The molecule has 0 aromatic carbocycles. The molecule has 0 amide bonds. The van der Waals surface area contributed by atoms with Crippen molar-refractivity contribution >= 4 is 5.78 Å². The Bertz CT molecular complexity index is 546. The molecule has 0 bridgehead atoms.